The largest absolute Gasteiger partial charge is 0.463 e. The fourth-order valence-electron chi connectivity index (χ4n) is 0.234. The first kappa shape index (κ1) is 7.39. The Morgan fingerprint density at radius 2 is 2.25 bits per heavy atom. The van der Waals surface area contributed by atoms with Gasteiger partial charge in [0.1, 0.15) is 13.2 Å². The molecule has 0 amide bonds. The minimum atomic E-state index is -0.318. The van der Waals surface area contributed by atoms with Gasteiger partial charge in [-0.05, 0) is 0 Å². The Bertz CT molecular complexity index is 73.7. The molecule has 0 aliphatic carbocycles. The van der Waals surface area contributed by atoms with Crippen molar-refractivity contribution >= 4 is 5.97 Å². The summed E-state index contributed by atoms with van der Waals surface area (Å²) in [4.78, 5) is 14.1. The van der Waals surface area contributed by atoms with Gasteiger partial charge < -0.3 is 9.57 Å². The predicted molar refractivity (Wildman–Crippen MR) is 26.8 cm³/mol. The molecule has 4 nitrogen and oxygen atoms in total. The third-order valence-corrected chi connectivity index (χ3v) is 0.507. The zero-order valence-electron chi connectivity index (χ0n) is 4.72. The lowest BCUT2D eigenvalue weighted by Gasteiger charge is -1.96. The van der Waals surface area contributed by atoms with Gasteiger partial charge in [0.15, 0.2) is 0 Å². The lowest BCUT2D eigenvalue weighted by Crippen LogP contribution is -2.10. The summed E-state index contributed by atoms with van der Waals surface area (Å²) < 4.78 is 4.44. The van der Waals surface area contributed by atoms with E-state index in [2.05, 4.69) is 15.5 Å². The first-order chi connectivity index (χ1) is 3.77. The summed E-state index contributed by atoms with van der Waals surface area (Å²) in [5.41, 5.74) is 0. The Kier molecular flexibility index (Phi) is 4.20. The molecule has 0 heterocycles. The average molecular weight is 119 g/mol. The van der Waals surface area contributed by atoms with Gasteiger partial charge in [0, 0.05) is 6.92 Å². The zero-order valence-corrected chi connectivity index (χ0v) is 4.72. The van der Waals surface area contributed by atoms with Gasteiger partial charge in [0.2, 0.25) is 0 Å². The minimum Gasteiger partial charge on any atom is -0.463 e. The molecule has 0 spiro atoms. The standard InChI is InChI=1S/C4H9NO3/c1-4(6)7-2-3-8-5/h2-3,5H2,1H3. The molecule has 0 saturated carbocycles. The fourth-order valence-corrected chi connectivity index (χ4v) is 0.234. The van der Waals surface area contributed by atoms with Crippen molar-refractivity contribution in [3.8, 4) is 0 Å². The molecular weight excluding hydrogens is 110 g/mol. The van der Waals surface area contributed by atoms with E-state index in [9.17, 15) is 4.79 Å². The van der Waals surface area contributed by atoms with Gasteiger partial charge in [-0.15, -0.1) is 0 Å². The highest BCUT2D eigenvalue weighted by atomic mass is 16.6. The number of hydrogen-bond acceptors (Lipinski definition) is 4. The number of esters is 1. The molecule has 0 aromatic heterocycles. The second-order valence-corrected chi connectivity index (χ2v) is 1.21. The number of ether oxygens (including phenoxy) is 1. The summed E-state index contributed by atoms with van der Waals surface area (Å²) in [6, 6.07) is 0. The summed E-state index contributed by atoms with van der Waals surface area (Å²) in [6.07, 6.45) is 0. The Labute approximate surface area is 47.5 Å². The van der Waals surface area contributed by atoms with Crippen molar-refractivity contribution in [3.63, 3.8) is 0 Å². The highest BCUT2D eigenvalue weighted by Gasteiger charge is 1.88. The van der Waals surface area contributed by atoms with Crippen LogP contribution in [0.25, 0.3) is 0 Å². The van der Waals surface area contributed by atoms with E-state index in [1.54, 1.807) is 0 Å². The fraction of sp³-hybridized carbons (Fsp3) is 0.750. The molecule has 0 atom stereocenters. The molecule has 0 bridgehead atoms. The van der Waals surface area contributed by atoms with E-state index in [4.69, 9.17) is 0 Å². The Morgan fingerprint density at radius 3 is 2.62 bits per heavy atom. The first-order valence-corrected chi connectivity index (χ1v) is 2.22. The van der Waals surface area contributed by atoms with E-state index in [1.807, 2.05) is 0 Å². The SMILES string of the molecule is CC(=O)OCCON. The third kappa shape index (κ3) is 5.39. The molecule has 0 rings (SSSR count). The topological polar surface area (TPSA) is 61.5 Å². The van der Waals surface area contributed by atoms with Crippen LogP contribution >= 0.6 is 0 Å². The molecule has 0 aliphatic heterocycles. The Hall–Kier alpha value is -0.610. The van der Waals surface area contributed by atoms with Crippen LogP contribution in [-0.2, 0) is 14.4 Å². The van der Waals surface area contributed by atoms with E-state index in [0.717, 1.165) is 0 Å². The van der Waals surface area contributed by atoms with Crippen LogP contribution in [0.1, 0.15) is 6.92 Å². The maximum Gasteiger partial charge on any atom is 0.302 e. The lowest BCUT2D eigenvalue weighted by molar-refractivity contribution is -0.142. The van der Waals surface area contributed by atoms with E-state index in [-0.39, 0.29) is 19.2 Å². The number of carbonyl (C=O) groups excluding carboxylic acids is 1. The third-order valence-electron chi connectivity index (χ3n) is 0.507. The molecule has 4 heteroatoms. The molecule has 0 fully saturated rings. The van der Waals surface area contributed by atoms with Crippen molar-refractivity contribution in [2.24, 2.45) is 5.90 Å². The van der Waals surface area contributed by atoms with Crippen molar-refractivity contribution in [1.82, 2.24) is 0 Å². The van der Waals surface area contributed by atoms with E-state index >= 15 is 0 Å². The Morgan fingerprint density at radius 1 is 1.62 bits per heavy atom. The van der Waals surface area contributed by atoms with Crippen LogP contribution in [0.5, 0.6) is 0 Å². The van der Waals surface area contributed by atoms with Gasteiger partial charge in [0.05, 0.1) is 0 Å². The molecule has 0 saturated heterocycles. The van der Waals surface area contributed by atoms with Crippen molar-refractivity contribution in [2.45, 2.75) is 6.92 Å². The number of rotatable bonds is 3. The van der Waals surface area contributed by atoms with Crippen LogP contribution < -0.4 is 5.90 Å². The molecule has 0 aliphatic rings. The summed E-state index contributed by atoms with van der Waals surface area (Å²) >= 11 is 0. The van der Waals surface area contributed by atoms with Crippen LogP contribution in [0.2, 0.25) is 0 Å². The molecule has 8 heavy (non-hydrogen) atoms. The molecule has 48 valence electrons. The monoisotopic (exact) mass is 119 g/mol. The maximum absolute atomic E-state index is 10.00. The molecule has 0 aromatic rings. The predicted octanol–water partition coefficient (Wildman–Crippen LogP) is -0.560. The molecule has 0 aromatic carbocycles. The van der Waals surface area contributed by atoms with Gasteiger partial charge in [-0.25, -0.2) is 5.90 Å². The zero-order chi connectivity index (χ0) is 6.41. The molecule has 0 unspecified atom stereocenters. The van der Waals surface area contributed by atoms with Gasteiger partial charge >= 0.3 is 5.97 Å². The lowest BCUT2D eigenvalue weighted by atomic mass is 10.7. The normalized spacial score (nSPS) is 8.75. The molecule has 0 radical (unpaired) electrons. The summed E-state index contributed by atoms with van der Waals surface area (Å²) in [5, 5.41) is 0. The molecular formula is C4H9NO3. The van der Waals surface area contributed by atoms with Crippen molar-refractivity contribution in [1.29, 1.82) is 0 Å². The quantitative estimate of drug-likeness (QED) is 0.307. The highest BCUT2D eigenvalue weighted by Crippen LogP contribution is 1.73. The number of hydrogen-bond donors (Lipinski definition) is 1. The Balaban J connectivity index is 2.82. The number of nitrogens with two attached hydrogens (primary N) is 1. The summed E-state index contributed by atoms with van der Waals surface area (Å²) in [6.45, 7) is 1.81. The van der Waals surface area contributed by atoms with Crippen LogP contribution in [0.3, 0.4) is 0 Å². The van der Waals surface area contributed by atoms with Crippen LogP contribution in [-0.4, -0.2) is 19.2 Å². The smallest absolute Gasteiger partial charge is 0.302 e. The number of carbonyl (C=O) groups is 1. The second kappa shape index (κ2) is 4.55. The van der Waals surface area contributed by atoms with Crippen molar-refractivity contribution in [2.75, 3.05) is 13.2 Å². The molecule has 2 N–H and O–H groups in total. The summed E-state index contributed by atoms with van der Waals surface area (Å²) in [7, 11) is 0. The van der Waals surface area contributed by atoms with Gasteiger partial charge in [-0.1, -0.05) is 0 Å². The van der Waals surface area contributed by atoms with Gasteiger partial charge in [0.25, 0.3) is 0 Å². The second-order valence-electron chi connectivity index (χ2n) is 1.21. The summed E-state index contributed by atoms with van der Waals surface area (Å²) in [5.74, 6) is 4.31. The van der Waals surface area contributed by atoms with Crippen molar-refractivity contribution in [3.05, 3.63) is 0 Å². The van der Waals surface area contributed by atoms with Crippen molar-refractivity contribution < 1.29 is 14.4 Å². The maximum atomic E-state index is 10.00. The minimum absolute atomic E-state index is 0.228. The van der Waals surface area contributed by atoms with E-state index in [1.165, 1.54) is 6.92 Å². The average Bonchev–Trinajstić information content (AvgIpc) is 1.66. The van der Waals surface area contributed by atoms with Crippen LogP contribution in [0, 0.1) is 0 Å². The van der Waals surface area contributed by atoms with E-state index < -0.39 is 0 Å². The van der Waals surface area contributed by atoms with E-state index in [0.29, 0.717) is 0 Å². The van der Waals surface area contributed by atoms with Crippen LogP contribution in [0.4, 0.5) is 0 Å². The first-order valence-electron chi connectivity index (χ1n) is 2.22. The van der Waals surface area contributed by atoms with Gasteiger partial charge in [-0.3, -0.25) is 4.79 Å². The van der Waals surface area contributed by atoms with Crippen LogP contribution in [0.15, 0.2) is 0 Å². The van der Waals surface area contributed by atoms with Gasteiger partial charge in [-0.2, -0.15) is 0 Å². The highest BCUT2D eigenvalue weighted by molar-refractivity contribution is 5.65.